The Morgan fingerprint density at radius 3 is 2.44 bits per heavy atom. The van der Waals surface area contributed by atoms with E-state index in [9.17, 15) is 4.79 Å². The largest absolute Gasteiger partial charge is 0.351 e. The molecule has 5 nitrogen and oxygen atoms in total. The molecule has 1 aromatic carbocycles. The van der Waals surface area contributed by atoms with Gasteiger partial charge in [0.25, 0.3) is 5.91 Å². The number of benzene rings is 1. The number of carbonyl (C=O) groups excluding carboxylic acids is 1. The van der Waals surface area contributed by atoms with Crippen molar-refractivity contribution in [3.63, 3.8) is 0 Å². The van der Waals surface area contributed by atoms with Gasteiger partial charge in [-0.15, -0.1) is 0 Å². The fourth-order valence-corrected chi connectivity index (χ4v) is 1.42. The maximum atomic E-state index is 11.8. The average molecular weight is 250 g/mol. The lowest BCUT2D eigenvalue weighted by Gasteiger charge is -2.20. The van der Waals surface area contributed by atoms with Crippen molar-refractivity contribution >= 4 is 11.6 Å². The first-order chi connectivity index (χ1) is 8.54. The zero-order valence-corrected chi connectivity index (χ0v) is 11.2. The predicted octanol–water partition coefficient (Wildman–Crippen LogP) is 1.04. The monoisotopic (exact) mass is 250 g/mol. The van der Waals surface area contributed by atoms with Gasteiger partial charge in [0, 0.05) is 30.4 Å². The van der Waals surface area contributed by atoms with Crippen molar-refractivity contribution < 1.29 is 4.79 Å². The Labute approximate surface area is 108 Å². The molecule has 0 heterocycles. The maximum absolute atomic E-state index is 11.8. The third-order valence-corrected chi connectivity index (χ3v) is 2.95. The summed E-state index contributed by atoms with van der Waals surface area (Å²) in [5, 5.41) is 2.89. The van der Waals surface area contributed by atoms with Gasteiger partial charge in [-0.25, -0.2) is 0 Å². The maximum Gasteiger partial charge on any atom is 0.251 e. The number of anilines is 1. The lowest BCUT2D eigenvalue weighted by atomic mass is 10.2. The number of likely N-dealkylation sites (N-methyl/N-ethyl adjacent to an activating group) is 1. The molecule has 0 aliphatic heterocycles. The van der Waals surface area contributed by atoms with Crippen LogP contribution in [0.25, 0.3) is 0 Å². The summed E-state index contributed by atoms with van der Waals surface area (Å²) in [6.07, 6.45) is 0. The Bertz CT molecular complexity index is 375. The molecule has 0 saturated carbocycles. The van der Waals surface area contributed by atoms with E-state index in [2.05, 4.69) is 29.5 Å². The van der Waals surface area contributed by atoms with Crippen LogP contribution in [0.2, 0.25) is 0 Å². The fraction of sp³-hybridized carbons (Fsp3) is 0.462. The highest BCUT2D eigenvalue weighted by Crippen LogP contribution is 2.07. The minimum atomic E-state index is -0.0595. The van der Waals surface area contributed by atoms with Crippen LogP contribution in [0.3, 0.4) is 0 Å². The summed E-state index contributed by atoms with van der Waals surface area (Å²) >= 11 is 0. The second-order valence-corrected chi connectivity index (χ2v) is 4.55. The molecular formula is C13H22N4O. The SMILES string of the molecule is CC(C)N(C)CCNC(=O)c1ccc(NN)cc1. The number of hydrazine groups is 1. The van der Waals surface area contributed by atoms with Crippen molar-refractivity contribution in [3.8, 4) is 0 Å². The first-order valence-electron chi connectivity index (χ1n) is 6.09. The molecule has 4 N–H and O–H groups in total. The van der Waals surface area contributed by atoms with Crippen molar-refractivity contribution in [1.29, 1.82) is 0 Å². The molecule has 1 amide bonds. The van der Waals surface area contributed by atoms with E-state index in [1.165, 1.54) is 0 Å². The minimum Gasteiger partial charge on any atom is -0.351 e. The Morgan fingerprint density at radius 2 is 1.94 bits per heavy atom. The molecule has 0 fully saturated rings. The molecule has 0 saturated heterocycles. The van der Waals surface area contributed by atoms with Gasteiger partial charge < -0.3 is 15.6 Å². The Balaban J connectivity index is 2.40. The summed E-state index contributed by atoms with van der Waals surface area (Å²) in [6, 6.07) is 7.52. The van der Waals surface area contributed by atoms with Crippen LogP contribution in [-0.2, 0) is 0 Å². The van der Waals surface area contributed by atoms with E-state index in [1.807, 2.05) is 7.05 Å². The van der Waals surface area contributed by atoms with Crippen molar-refractivity contribution in [2.45, 2.75) is 19.9 Å². The highest BCUT2D eigenvalue weighted by Gasteiger charge is 2.06. The van der Waals surface area contributed by atoms with Gasteiger partial charge in [-0.2, -0.15) is 0 Å². The summed E-state index contributed by atoms with van der Waals surface area (Å²) in [5.74, 6) is 5.20. The average Bonchev–Trinajstić information content (AvgIpc) is 2.38. The number of nitrogens with two attached hydrogens (primary N) is 1. The van der Waals surface area contributed by atoms with Crippen LogP contribution in [0.1, 0.15) is 24.2 Å². The van der Waals surface area contributed by atoms with Gasteiger partial charge in [0.1, 0.15) is 0 Å². The first-order valence-corrected chi connectivity index (χ1v) is 6.09. The van der Waals surface area contributed by atoms with Gasteiger partial charge >= 0.3 is 0 Å². The third kappa shape index (κ3) is 4.35. The smallest absolute Gasteiger partial charge is 0.251 e. The topological polar surface area (TPSA) is 70.4 Å². The summed E-state index contributed by atoms with van der Waals surface area (Å²) in [7, 11) is 2.04. The summed E-state index contributed by atoms with van der Waals surface area (Å²) in [6.45, 7) is 5.73. The van der Waals surface area contributed by atoms with E-state index >= 15 is 0 Å². The predicted molar refractivity (Wildman–Crippen MR) is 74.4 cm³/mol. The highest BCUT2D eigenvalue weighted by molar-refractivity contribution is 5.94. The normalized spacial score (nSPS) is 10.8. The van der Waals surface area contributed by atoms with Crippen LogP contribution in [0, 0.1) is 0 Å². The van der Waals surface area contributed by atoms with E-state index in [4.69, 9.17) is 5.84 Å². The summed E-state index contributed by atoms with van der Waals surface area (Å²) < 4.78 is 0. The number of hydrogen-bond acceptors (Lipinski definition) is 4. The van der Waals surface area contributed by atoms with Gasteiger partial charge in [-0.05, 0) is 45.2 Å². The quantitative estimate of drug-likeness (QED) is 0.521. The van der Waals surface area contributed by atoms with Gasteiger partial charge in [0.05, 0.1) is 0 Å². The lowest BCUT2D eigenvalue weighted by molar-refractivity contribution is 0.0948. The molecule has 0 aromatic heterocycles. The lowest BCUT2D eigenvalue weighted by Crippen LogP contribution is -2.36. The molecule has 0 aliphatic rings. The molecular weight excluding hydrogens is 228 g/mol. The van der Waals surface area contributed by atoms with Gasteiger partial charge in [-0.1, -0.05) is 0 Å². The van der Waals surface area contributed by atoms with E-state index in [0.29, 0.717) is 18.2 Å². The zero-order valence-electron chi connectivity index (χ0n) is 11.2. The van der Waals surface area contributed by atoms with Crippen LogP contribution in [0.5, 0.6) is 0 Å². The van der Waals surface area contributed by atoms with E-state index in [-0.39, 0.29) is 5.91 Å². The molecule has 0 spiro atoms. The van der Waals surface area contributed by atoms with E-state index in [0.717, 1.165) is 12.2 Å². The van der Waals surface area contributed by atoms with Gasteiger partial charge in [0.2, 0.25) is 0 Å². The number of rotatable bonds is 6. The summed E-state index contributed by atoms with van der Waals surface area (Å²) in [4.78, 5) is 14.0. The van der Waals surface area contributed by atoms with Crippen molar-refractivity contribution in [1.82, 2.24) is 10.2 Å². The molecule has 18 heavy (non-hydrogen) atoms. The van der Waals surface area contributed by atoms with Gasteiger partial charge in [0.15, 0.2) is 0 Å². The molecule has 100 valence electrons. The molecule has 0 bridgehead atoms. The van der Waals surface area contributed by atoms with Crippen LogP contribution in [-0.4, -0.2) is 37.0 Å². The Morgan fingerprint density at radius 1 is 1.33 bits per heavy atom. The number of nitrogen functional groups attached to an aromatic ring is 1. The molecule has 5 heteroatoms. The van der Waals surface area contributed by atoms with Crippen LogP contribution in [0.4, 0.5) is 5.69 Å². The molecule has 1 rings (SSSR count). The van der Waals surface area contributed by atoms with Crippen molar-refractivity contribution in [3.05, 3.63) is 29.8 Å². The molecule has 0 radical (unpaired) electrons. The second kappa shape index (κ2) is 6.98. The standard InChI is InChI=1S/C13H22N4O/c1-10(2)17(3)9-8-15-13(18)11-4-6-12(16-14)7-5-11/h4-7,10,16H,8-9,14H2,1-3H3,(H,15,18). The van der Waals surface area contributed by atoms with Gasteiger partial charge in [-0.3, -0.25) is 10.6 Å². The number of hydrogen-bond donors (Lipinski definition) is 3. The van der Waals surface area contributed by atoms with Crippen LogP contribution >= 0.6 is 0 Å². The fourth-order valence-electron chi connectivity index (χ4n) is 1.42. The van der Waals surface area contributed by atoms with Crippen molar-refractivity contribution in [2.75, 3.05) is 25.6 Å². The van der Waals surface area contributed by atoms with Crippen LogP contribution < -0.4 is 16.6 Å². The molecule has 0 atom stereocenters. The number of nitrogens with zero attached hydrogens (tertiary/aromatic N) is 1. The Hall–Kier alpha value is -1.59. The number of nitrogens with one attached hydrogen (secondary N) is 2. The number of carbonyl (C=O) groups is 1. The second-order valence-electron chi connectivity index (χ2n) is 4.55. The summed E-state index contributed by atoms with van der Waals surface area (Å²) in [5.41, 5.74) is 3.95. The highest BCUT2D eigenvalue weighted by atomic mass is 16.1. The van der Waals surface area contributed by atoms with E-state index in [1.54, 1.807) is 24.3 Å². The van der Waals surface area contributed by atoms with E-state index < -0.39 is 0 Å². The first kappa shape index (κ1) is 14.5. The Kier molecular flexibility index (Phi) is 5.61. The molecule has 0 unspecified atom stereocenters. The zero-order chi connectivity index (χ0) is 13.5. The van der Waals surface area contributed by atoms with Crippen LogP contribution in [0.15, 0.2) is 24.3 Å². The minimum absolute atomic E-state index is 0.0595. The van der Waals surface area contributed by atoms with Crippen molar-refractivity contribution in [2.24, 2.45) is 5.84 Å². The molecule has 1 aromatic rings. The number of amides is 1. The molecule has 0 aliphatic carbocycles. The third-order valence-electron chi connectivity index (χ3n) is 2.95.